The van der Waals surface area contributed by atoms with Crippen molar-refractivity contribution >= 4 is 56.8 Å². The number of amides is 2. The number of carbonyl (C=O) groups is 1. The highest BCUT2D eigenvalue weighted by Crippen LogP contribution is 2.39. The molecular weight excluding hydrogens is 585 g/mol. The molecule has 1 unspecified atom stereocenters. The van der Waals surface area contributed by atoms with Crippen LogP contribution < -0.4 is 9.46 Å². The van der Waals surface area contributed by atoms with Gasteiger partial charge in [0, 0.05) is 24.7 Å². The van der Waals surface area contributed by atoms with E-state index >= 15 is 0 Å². The average molecular weight is 615 g/mol. The molecule has 8 nitrogen and oxygen atoms in total. The van der Waals surface area contributed by atoms with Crippen LogP contribution in [0.1, 0.15) is 43.6 Å². The van der Waals surface area contributed by atoms with Crippen molar-refractivity contribution in [3.8, 4) is 17.0 Å². The molecule has 0 radical (unpaired) electrons. The Morgan fingerprint density at radius 1 is 1.15 bits per heavy atom. The van der Waals surface area contributed by atoms with Gasteiger partial charge >= 0.3 is 6.03 Å². The first kappa shape index (κ1) is 30.3. The standard InChI is InChI=1S/C30H29Cl2N3O5S/c1-5-19(13-14-35(4)30(36)34-41(37)38)20-9-10-22-16-23(12-11-21(22)15-20)39-17-24-28(33-40-29(24)18(2)3)27-25(31)7-6-8-26(27)32/h5-16,18H,17H2,1-4H3,(H,34,36)(H,37,38)/b14-13-,19-5+. The first-order valence-corrected chi connectivity index (χ1v) is 14.5. The van der Waals surface area contributed by atoms with Crippen molar-refractivity contribution in [2.75, 3.05) is 7.05 Å². The summed E-state index contributed by atoms with van der Waals surface area (Å²) >= 11 is 10.5. The minimum Gasteiger partial charge on any atom is -0.489 e. The molecular formula is C30H29Cl2N3O5S. The van der Waals surface area contributed by atoms with E-state index in [0.717, 1.165) is 27.5 Å². The Morgan fingerprint density at radius 2 is 1.83 bits per heavy atom. The van der Waals surface area contributed by atoms with Gasteiger partial charge in [-0.05, 0) is 65.2 Å². The molecule has 0 fully saturated rings. The molecule has 11 heteroatoms. The first-order valence-electron chi connectivity index (χ1n) is 12.7. The highest BCUT2D eigenvalue weighted by molar-refractivity contribution is 7.77. The molecule has 0 spiro atoms. The van der Waals surface area contributed by atoms with E-state index in [0.29, 0.717) is 32.8 Å². The highest BCUT2D eigenvalue weighted by atomic mass is 35.5. The number of nitrogens with zero attached hydrogens (tertiary/aromatic N) is 2. The molecule has 0 bridgehead atoms. The fourth-order valence-corrected chi connectivity index (χ4v) is 5.12. The van der Waals surface area contributed by atoms with Crippen LogP contribution in [-0.4, -0.2) is 31.9 Å². The Morgan fingerprint density at radius 3 is 2.49 bits per heavy atom. The van der Waals surface area contributed by atoms with Crippen LogP contribution in [0.4, 0.5) is 4.79 Å². The molecule has 41 heavy (non-hydrogen) atoms. The summed E-state index contributed by atoms with van der Waals surface area (Å²) in [6.07, 6.45) is 5.20. The topological polar surface area (TPSA) is 105 Å². The predicted molar refractivity (Wildman–Crippen MR) is 164 cm³/mol. The van der Waals surface area contributed by atoms with Gasteiger partial charge in [0.05, 0.1) is 15.6 Å². The summed E-state index contributed by atoms with van der Waals surface area (Å²) in [4.78, 5) is 13.0. The number of aromatic nitrogens is 1. The van der Waals surface area contributed by atoms with Crippen molar-refractivity contribution in [2.24, 2.45) is 0 Å². The number of benzene rings is 3. The van der Waals surface area contributed by atoms with Gasteiger partial charge in [0.1, 0.15) is 23.8 Å². The van der Waals surface area contributed by atoms with E-state index in [-0.39, 0.29) is 12.5 Å². The van der Waals surface area contributed by atoms with Gasteiger partial charge in [0.2, 0.25) is 0 Å². The van der Waals surface area contributed by atoms with Crippen LogP contribution in [-0.2, 0) is 17.9 Å². The SMILES string of the molecule is C/C=C(\C=C/N(C)C(=O)NS(=O)O)c1ccc2cc(OCc3c(-c4c(Cl)cccc4Cl)noc3C(C)C)ccc2c1. The summed E-state index contributed by atoms with van der Waals surface area (Å²) in [6, 6.07) is 16.5. The maximum Gasteiger partial charge on any atom is 0.334 e. The van der Waals surface area contributed by atoms with Crippen LogP contribution >= 0.6 is 23.2 Å². The quantitative estimate of drug-likeness (QED) is 0.146. The second-order valence-electron chi connectivity index (χ2n) is 9.46. The molecule has 0 aliphatic carbocycles. The number of rotatable bonds is 9. The van der Waals surface area contributed by atoms with Crippen LogP contribution in [0, 0.1) is 0 Å². The number of fused-ring (bicyclic) bond motifs is 1. The van der Waals surface area contributed by atoms with Crippen molar-refractivity contribution in [3.63, 3.8) is 0 Å². The molecule has 0 aliphatic rings. The number of ether oxygens (including phenoxy) is 1. The zero-order chi connectivity index (χ0) is 29.7. The lowest BCUT2D eigenvalue weighted by Crippen LogP contribution is -2.34. The number of carbonyl (C=O) groups excluding carboxylic acids is 1. The molecule has 1 heterocycles. The van der Waals surface area contributed by atoms with E-state index in [1.165, 1.54) is 18.1 Å². The zero-order valence-corrected chi connectivity index (χ0v) is 25.2. The van der Waals surface area contributed by atoms with E-state index in [4.69, 9.17) is 37.0 Å². The van der Waals surface area contributed by atoms with Crippen molar-refractivity contribution in [2.45, 2.75) is 33.3 Å². The highest BCUT2D eigenvalue weighted by Gasteiger charge is 2.24. The molecule has 2 amide bonds. The van der Waals surface area contributed by atoms with Crippen LogP contribution in [0.15, 0.2) is 77.5 Å². The van der Waals surface area contributed by atoms with E-state index < -0.39 is 17.3 Å². The van der Waals surface area contributed by atoms with Gasteiger partial charge in [-0.1, -0.05) is 72.5 Å². The summed E-state index contributed by atoms with van der Waals surface area (Å²) in [5, 5.41) is 7.24. The molecule has 0 saturated heterocycles. The van der Waals surface area contributed by atoms with Crippen molar-refractivity contribution in [3.05, 3.63) is 99.9 Å². The summed E-state index contributed by atoms with van der Waals surface area (Å²) < 4.78 is 33.5. The van der Waals surface area contributed by atoms with Gasteiger partial charge < -0.3 is 14.2 Å². The number of hydrogen-bond acceptors (Lipinski definition) is 5. The Labute approximate surface area is 251 Å². The molecule has 4 aromatic rings. The molecule has 4 rings (SSSR count). The lowest BCUT2D eigenvalue weighted by Gasteiger charge is -2.12. The normalized spacial score (nSPS) is 12.7. The first-order chi connectivity index (χ1) is 19.6. The molecule has 0 aliphatic heterocycles. The molecule has 1 atom stereocenters. The Kier molecular flexibility index (Phi) is 9.88. The maximum atomic E-state index is 11.9. The van der Waals surface area contributed by atoms with Gasteiger partial charge in [0.15, 0.2) is 0 Å². The van der Waals surface area contributed by atoms with E-state index in [9.17, 15) is 9.00 Å². The predicted octanol–water partition coefficient (Wildman–Crippen LogP) is 8.20. The Bertz CT molecular complexity index is 1650. The summed E-state index contributed by atoms with van der Waals surface area (Å²) in [5.74, 6) is 1.47. The lowest BCUT2D eigenvalue weighted by atomic mass is 10.0. The Balaban J connectivity index is 1.55. The number of urea groups is 1. The minimum atomic E-state index is -2.43. The maximum absolute atomic E-state index is 11.9. The van der Waals surface area contributed by atoms with E-state index in [1.807, 2.05) is 68.0 Å². The summed E-state index contributed by atoms with van der Waals surface area (Å²) in [5.41, 5.74) is 3.78. The van der Waals surface area contributed by atoms with Gasteiger partial charge in [-0.3, -0.25) is 4.55 Å². The monoisotopic (exact) mass is 613 g/mol. The van der Waals surface area contributed by atoms with Crippen molar-refractivity contribution in [1.29, 1.82) is 0 Å². The minimum absolute atomic E-state index is 0.0776. The van der Waals surface area contributed by atoms with Crippen LogP contribution in [0.2, 0.25) is 10.0 Å². The third-order valence-electron chi connectivity index (χ3n) is 6.35. The molecule has 1 aromatic heterocycles. The number of halogens is 2. The number of nitrogens with one attached hydrogen (secondary N) is 1. The average Bonchev–Trinajstić information content (AvgIpc) is 3.35. The van der Waals surface area contributed by atoms with Gasteiger partial charge in [-0.2, -0.15) is 0 Å². The van der Waals surface area contributed by atoms with E-state index in [1.54, 1.807) is 24.3 Å². The summed E-state index contributed by atoms with van der Waals surface area (Å²) in [6.45, 7) is 6.15. The molecule has 3 aromatic carbocycles. The number of allylic oxidation sites excluding steroid dienone is 3. The van der Waals surface area contributed by atoms with Crippen molar-refractivity contribution in [1.82, 2.24) is 14.8 Å². The Hall–Kier alpha value is -3.63. The second-order valence-corrected chi connectivity index (χ2v) is 11.0. The zero-order valence-electron chi connectivity index (χ0n) is 22.9. The third kappa shape index (κ3) is 7.18. The smallest absolute Gasteiger partial charge is 0.334 e. The summed E-state index contributed by atoms with van der Waals surface area (Å²) in [7, 11) is 1.49. The molecule has 2 N–H and O–H groups in total. The van der Waals surface area contributed by atoms with Crippen molar-refractivity contribution < 1.29 is 22.8 Å². The lowest BCUT2D eigenvalue weighted by molar-refractivity contribution is 0.227. The second kappa shape index (κ2) is 13.4. The fourth-order valence-electron chi connectivity index (χ4n) is 4.25. The fraction of sp³-hybridized carbons (Fsp3) is 0.200. The molecule has 0 saturated carbocycles. The van der Waals surface area contributed by atoms with E-state index in [2.05, 4.69) is 5.16 Å². The number of hydrogen-bond donors (Lipinski definition) is 2. The van der Waals surface area contributed by atoms with Crippen LogP contribution in [0.5, 0.6) is 5.75 Å². The van der Waals surface area contributed by atoms with Crippen LogP contribution in [0.3, 0.4) is 0 Å². The molecule has 214 valence electrons. The largest absolute Gasteiger partial charge is 0.489 e. The van der Waals surface area contributed by atoms with Gasteiger partial charge in [-0.25, -0.2) is 13.7 Å². The third-order valence-corrected chi connectivity index (χ3v) is 7.33. The van der Waals surface area contributed by atoms with Crippen LogP contribution in [0.25, 0.3) is 27.6 Å². The van der Waals surface area contributed by atoms with Gasteiger partial charge in [-0.15, -0.1) is 0 Å². The van der Waals surface area contributed by atoms with Gasteiger partial charge in [0.25, 0.3) is 11.3 Å².